The lowest BCUT2D eigenvalue weighted by Crippen LogP contribution is -2.61. The highest BCUT2D eigenvalue weighted by Crippen LogP contribution is 2.30. The van der Waals surface area contributed by atoms with Crippen LogP contribution in [0.15, 0.2) is 0 Å². The smallest absolute Gasteiger partial charge is 0.217 e. The summed E-state index contributed by atoms with van der Waals surface area (Å²) in [4.78, 5) is 0. The largest absolute Gasteiger partial charge is 0.726 e. The predicted octanol–water partition coefficient (Wildman–Crippen LogP) is 1.90. The van der Waals surface area contributed by atoms with E-state index < -0.39 is 10.4 Å². The Morgan fingerprint density at radius 2 is 1.50 bits per heavy atom. The maximum absolute atomic E-state index is 9.22. The molecule has 18 heavy (non-hydrogen) atoms. The molecule has 1 rings (SSSR count). The van der Waals surface area contributed by atoms with E-state index in [9.17, 15) is 13.0 Å². The van der Waals surface area contributed by atoms with E-state index in [2.05, 4.69) is 31.9 Å². The maximum Gasteiger partial charge on any atom is 0.217 e. The molecule has 6 heteroatoms. The van der Waals surface area contributed by atoms with Crippen molar-refractivity contribution >= 4 is 10.4 Å². The summed E-state index contributed by atoms with van der Waals surface area (Å²) >= 11 is 0. The summed E-state index contributed by atoms with van der Waals surface area (Å²) in [6, 6.07) is 1.78. The van der Waals surface area contributed by atoms with E-state index in [1.807, 2.05) is 0 Å². The molecule has 0 radical (unpaired) electrons. The van der Waals surface area contributed by atoms with Gasteiger partial charge in [-0.3, -0.25) is 4.18 Å². The molecule has 0 aromatic rings. The van der Waals surface area contributed by atoms with Crippen LogP contribution in [0.25, 0.3) is 0 Å². The summed E-state index contributed by atoms with van der Waals surface area (Å²) in [5.74, 6) is 0. The molecular formula is C12H27NO4S. The van der Waals surface area contributed by atoms with Gasteiger partial charge in [-0.05, 0) is 47.0 Å². The van der Waals surface area contributed by atoms with Crippen LogP contribution in [0.3, 0.4) is 0 Å². The lowest BCUT2D eigenvalue weighted by molar-refractivity contribution is -0.972. The van der Waals surface area contributed by atoms with Gasteiger partial charge < -0.3 is 9.04 Å². The highest BCUT2D eigenvalue weighted by molar-refractivity contribution is 7.80. The zero-order valence-corrected chi connectivity index (χ0v) is 13.0. The summed E-state index contributed by atoms with van der Waals surface area (Å²) in [5.41, 5.74) is 0. The molecule has 110 valence electrons. The molecule has 0 saturated carbocycles. The summed E-state index contributed by atoms with van der Waals surface area (Å²) < 4.78 is 32.4. The topological polar surface area (TPSA) is 66.4 Å². The lowest BCUT2D eigenvalue weighted by Gasteiger charge is -2.50. The molecule has 0 bridgehead atoms. The maximum atomic E-state index is 9.22. The van der Waals surface area contributed by atoms with Gasteiger partial charge in [0.1, 0.15) is 0 Å². The molecule has 0 N–H and O–H groups in total. The zero-order chi connectivity index (χ0) is 14.4. The van der Waals surface area contributed by atoms with Crippen LogP contribution < -0.4 is 0 Å². The molecule has 1 fully saturated rings. The van der Waals surface area contributed by atoms with Gasteiger partial charge in [0, 0.05) is 0 Å². The second-order valence-electron chi connectivity index (χ2n) is 4.94. The van der Waals surface area contributed by atoms with Gasteiger partial charge in [-0.15, -0.1) is 0 Å². The van der Waals surface area contributed by atoms with Crippen LogP contribution >= 0.6 is 0 Å². The van der Waals surface area contributed by atoms with Gasteiger partial charge in [0.25, 0.3) is 0 Å². The number of hydrogen-bond acceptors (Lipinski definition) is 4. The van der Waals surface area contributed by atoms with Crippen LogP contribution in [0.4, 0.5) is 0 Å². The van der Waals surface area contributed by atoms with E-state index in [1.165, 1.54) is 36.8 Å². The highest BCUT2D eigenvalue weighted by atomic mass is 32.3. The SMILES string of the molecule is CC[N+]1(CC)C(C)CCCC1C.COS(=O)(=O)[O-]. The van der Waals surface area contributed by atoms with Crippen LogP contribution in [-0.2, 0) is 14.6 Å². The summed E-state index contributed by atoms with van der Waals surface area (Å²) in [6.07, 6.45) is 4.32. The first-order chi connectivity index (χ1) is 8.23. The standard InChI is InChI=1S/C11H24N.CH4O4S/c1-5-12(6-2)10(3)8-7-9-11(12)4;1-5-6(2,3)4/h10-11H,5-9H2,1-4H3;1H3,(H,2,3,4)/q+1;/p-1. The van der Waals surface area contributed by atoms with E-state index in [0.29, 0.717) is 0 Å². The fraction of sp³-hybridized carbons (Fsp3) is 1.00. The van der Waals surface area contributed by atoms with Gasteiger partial charge in [0.05, 0.1) is 32.3 Å². The van der Waals surface area contributed by atoms with Gasteiger partial charge in [-0.25, -0.2) is 8.42 Å². The van der Waals surface area contributed by atoms with Crippen molar-refractivity contribution in [2.24, 2.45) is 0 Å². The van der Waals surface area contributed by atoms with Crippen LogP contribution in [0.2, 0.25) is 0 Å². The molecule has 2 atom stereocenters. The van der Waals surface area contributed by atoms with Crippen LogP contribution in [-0.4, -0.2) is 49.7 Å². The van der Waals surface area contributed by atoms with Crippen molar-refractivity contribution in [2.75, 3.05) is 20.2 Å². The van der Waals surface area contributed by atoms with Crippen LogP contribution in [0.5, 0.6) is 0 Å². The van der Waals surface area contributed by atoms with Crippen molar-refractivity contribution in [3.63, 3.8) is 0 Å². The molecule has 0 aromatic heterocycles. The number of rotatable bonds is 3. The molecule has 1 saturated heterocycles. The third-order valence-corrected chi connectivity index (χ3v) is 4.79. The molecule has 2 unspecified atom stereocenters. The number of piperidine rings is 1. The number of likely N-dealkylation sites (tertiary alicyclic amines) is 1. The van der Waals surface area contributed by atoms with Crippen molar-refractivity contribution in [1.82, 2.24) is 0 Å². The Labute approximate surface area is 112 Å². The molecule has 5 nitrogen and oxygen atoms in total. The number of quaternary nitrogens is 1. The molecule has 0 spiro atoms. The summed E-state index contributed by atoms with van der Waals surface area (Å²) in [6.45, 7) is 12.2. The second kappa shape index (κ2) is 7.43. The van der Waals surface area contributed by atoms with E-state index in [-0.39, 0.29) is 0 Å². The molecule has 0 aromatic carbocycles. The quantitative estimate of drug-likeness (QED) is 0.450. The molecule has 1 heterocycles. The predicted molar refractivity (Wildman–Crippen MR) is 70.8 cm³/mol. The lowest BCUT2D eigenvalue weighted by atomic mass is 9.93. The Bertz CT molecular complexity index is 313. The highest BCUT2D eigenvalue weighted by Gasteiger charge is 2.38. The molecule has 1 aliphatic rings. The second-order valence-corrected chi connectivity index (χ2v) is 6.09. The number of hydrogen-bond donors (Lipinski definition) is 0. The van der Waals surface area contributed by atoms with Gasteiger partial charge in [0.2, 0.25) is 10.4 Å². The van der Waals surface area contributed by atoms with Gasteiger partial charge in [0.15, 0.2) is 0 Å². The first-order valence-electron chi connectivity index (χ1n) is 6.61. The van der Waals surface area contributed by atoms with Gasteiger partial charge in [-0.2, -0.15) is 0 Å². The minimum atomic E-state index is -4.41. The van der Waals surface area contributed by atoms with Crippen molar-refractivity contribution in [1.29, 1.82) is 0 Å². The van der Waals surface area contributed by atoms with Gasteiger partial charge in [-0.1, -0.05) is 0 Å². The Kier molecular flexibility index (Phi) is 7.36. The third-order valence-electron chi connectivity index (χ3n) is 4.38. The normalized spacial score (nSPS) is 27.2. The average Bonchev–Trinajstić information content (AvgIpc) is 2.30. The van der Waals surface area contributed by atoms with Crippen molar-refractivity contribution in [3.05, 3.63) is 0 Å². The zero-order valence-electron chi connectivity index (χ0n) is 12.2. The minimum Gasteiger partial charge on any atom is -0.726 e. The molecule has 0 amide bonds. The average molecular weight is 281 g/mol. The van der Waals surface area contributed by atoms with Gasteiger partial charge >= 0.3 is 0 Å². The number of nitrogens with zero attached hydrogens (tertiary/aromatic N) is 1. The monoisotopic (exact) mass is 281 g/mol. The van der Waals surface area contributed by atoms with Crippen molar-refractivity contribution in [3.8, 4) is 0 Å². The summed E-state index contributed by atoms with van der Waals surface area (Å²) in [5, 5.41) is 0. The Hall–Kier alpha value is -0.170. The summed E-state index contributed by atoms with van der Waals surface area (Å²) in [7, 11) is -3.60. The first kappa shape index (κ1) is 17.8. The van der Waals surface area contributed by atoms with E-state index in [4.69, 9.17) is 0 Å². The van der Waals surface area contributed by atoms with E-state index in [1.54, 1.807) is 0 Å². The van der Waals surface area contributed by atoms with Crippen molar-refractivity contribution < 1.29 is 21.6 Å². The van der Waals surface area contributed by atoms with Crippen LogP contribution in [0, 0.1) is 0 Å². The fourth-order valence-corrected chi connectivity index (χ4v) is 3.13. The third kappa shape index (κ3) is 4.84. The Morgan fingerprint density at radius 3 is 1.67 bits per heavy atom. The fourth-order valence-electron chi connectivity index (χ4n) is 3.13. The minimum absolute atomic E-state index is 0.808. The Morgan fingerprint density at radius 1 is 1.17 bits per heavy atom. The van der Waals surface area contributed by atoms with E-state index in [0.717, 1.165) is 19.2 Å². The van der Waals surface area contributed by atoms with E-state index >= 15 is 0 Å². The molecule has 1 aliphatic heterocycles. The Balaban J connectivity index is 0.000000411. The van der Waals surface area contributed by atoms with Crippen molar-refractivity contribution in [2.45, 2.75) is 59.0 Å². The first-order valence-corrected chi connectivity index (χ1v) is 7.94. The molecule has 0 aliphatic carbocycles. The van der Waals surface area contributed by atoms with Crippen LogP contribution in [0.1, 0.15) is 47.0 Å². The molecular weight excluding hydrogens is 254 g/mol.